The summed E-state index contributed by atoms with van der Waals surface area (Å²) in [5.41, 5.74) is 0.458. The zero-order chi connectivity index (χ0) is 19.9. The molecule has 152 valence electrons. The van der Waals surface area contributed by atoms with Gasteiger partial charge in [0.15, 0.2) is 0 Å². The molecule has 1 N–H and O–H groups in total. The Morgan fingerprint density at radius 3 is 2.75 bits per heavy atom. The van der Waals surface area contributed by atoms with Crippen LogP contribution >= 0.6 is 0 Å². The maximum atomic E-state index is 12.9. The predicted molar refractivity (Wildman–Crippen MR) is 102 cm³/mol. The van der Waals surface area contributed by atoms with E-state index in [0.29, 0.717) is 37.4 Å². The summed E-state index contributed by atoms with van der Waals surface area (Å²) in [6.45, 7) is 3.10. The molecule has 4 rings (SSSR count). The maximum absolute atomic E-state index is 12.9. The van der Waals surface area contributed by atoms with Crippen molar-refractivity contribution >= 4 is 21.8 Å². The van der Waals surface area contributed by atoms with E-state index in [1.807, 2.05) is 17.9 Å². The fourth-order valence-electron chi connectivity index (χ4n) is 4.04. The highest BCUT2D eigenvalue weighted by Gasteiger charge is 2.49. The minimum Gasteiger partial charge on any atom is -0.493 e. The lowest BCUT2D eigenvalue weighted by Gasteiger charge is -2.23. The van der Waals surface area contributed by atoms with Gasteiger partial charge in [-0.1, -0.05) is 12.1 Å². The number of nitrogens with one attached hydrogen (secondary N) is 1. The molecule has 0 bridgehead atoms. The standard InChI is InChI=1S/C19H25N3O5S/c1-2-27-17-6-4-3-5-15(17)18(23)20-13-11-16-19(24)22(14-7-8-14)28(25,26)10-9-21(16)12-13/h3-6,13-14,16H,2,7-12H2,1H3,(H,20,23)/t13-,16-/m0/s1. The number of fused-ring (bicyclic) bond motifs is 1. The van der Waals surface area contributed by atoms with Crippen molar-refractivity contribution in [3.63, 3.8) is 0 Å². The Bertz CT molecular complexity index is 883. The number of hydrogen-bond donors (Lipinski definition) is 1. The number of sulfonamides is 1. The van der Waals surface area contributed by atoms with Crippen LogP contribution in [0.3, 0.4) is 0 Å². The molecule has 3 fully saturated rings. The lowest BCUT2D eigenvalue weighted by atomic mass is 10.1. The van der Waals surface area contributed by atoms with E-state index in [1.54, 1.807) is 18.2 Å². The average Bonchev–Trinajstić information content (AvgIpc) is 3.40. The van der Waals surface area contributed by atoms with Crippen LogP contribution in [-0.2, 0) is 14.8 Å². The quantitative estimate of drug-likeness (QED) is 0.768. The third kappa shape index (κ3) is 3.60. The van der Waals surface area contributed by atoms with Gasteiger partial charge in [0.2, 0.25) is 10.0 Å². The summed E-state index contributed by atoms with van der Waals surface area (Å²) in [5, 5.41) is 2.99. The Labute approximate surface area is 164 Å². The van der Waals surface area contributed by atoms with Crippen molar-refractivity contribution in [3.8, 4) is 5.75 Å². The lowest BCUT2D eigenvalue weighted by Crippen LogP contribution is -2.45. The van der Waals surface area contributed by atoms with Crippen LogP contribution in [0.5, 0.6) is 5.75 Å². The first-order chi connectivity index (χ1) is 13.4. The third-order valence-electron chi connectivity index (χ3n) is 5.49. The van der Waals surface area contributed by atoms with E-state index >= 15 is 0 Å². The van der Waals surface area contributed by atoms with Gasteiger partial charge in [-0.05, 0) is 38.3 Å². The number of para-hydroxylation sites is 1. The fraction of sp³-hybridized carbons (Fsp3) is 0.579. The molecule has 1 aromatic carbocycles. The molecular weight excluding hydrogens is 382 g/mol. The summed E-state index contributed by atoms with van der Waals surface area (Å²) in [6.07, 6.45) is 1.90. The first-order valence-electron chi connectivity index (χ1n) is 9.73. The van der Waals surface area contributed by atoms with E-state index in [4.69, 9.17) is 4.74 Å². The third-order valence-corrected chi connectivity index (χ3v) is 7.26. The van der Waals surface area contributed by atoms with Gasteiger partial charge in [-0.2, -0.15) is 0 Å². The summed E-state index contributed by atoms with van der Waals surface area (Å²) in [5.74, 6) is -0.117. The molecule has 8 nitrogen and oxygen atoms in total. The molecule has 2 heterocycles. The number of rotatable bonds is 5. The molecule has 2 amide bonds. The van der Waals surface area contributed by atoms with Crippen LogP contribution in [0.25, 0.3) is 0 Å². The van der Waals surface area contributed by atoms with Crippen LogP contribution in [0.4, 0.5) is 0 Å². The highest BCUT2D eigenvalue weighted by Crippen LogP contribution is 2.34. The van der Waals surface area contributed by atoms with Gasteiger partial charge in [-0.3, -0.25) is 14.5 Å². The van der Waals surface area contributed by atoms with E-state index in [-0.39, 0.29) is 29.7 Å². The van der Waals surface area contributed by atoms with Crippen LogP contribution in [0.15, 0.2) is 24.3 Å². The van der Waals surface area contributed by atoms with Gasteiger partial charge >= 0.3 is 0 Å². The molecular formula is C19H25N3O5S. The van der Waals surface area contributed by atoms with E-state index in [0.717, 1.165) is 17.1 Å². The van der Waals surface area contributed by atoms with E-state index in [1.165, 1.54) is 0 Å². The molecule has 28 heavy (non-hydrogen) atoms. The molecule has 0 radical (unpaired) electrons. The van der Waals surface area contributed by atoms with Gasteiger partial charge in [0.1, 0.15) is 5.75 Å². The van der Waals surface area contributed by atoms with Gasteiger partial charge < -0.3 is 10.1 Å². The van der Waals surface area contributed by atoms with Gasteiger partial charge in [-0.15, -0.1) is 0 Å². The number of nitrogens with zero attached hydrogens (tertiary/aromatic N) is 2. The molecule has 2 saturated heterocycles. The minimum absolute atomic E-state index is 0.0560. The zero-order valence-electron chi connectivity index (χ0n) is 15.8. The summed E-state index contributed by atoms with van der Waals surface area (Å²) in [4.78, 5) is 27.6. The lowest BCUT2D eigenvalue weighted by molar-refractivity contribution is -0.130. The highest BCUT2D eigenvalue weighted by atomic mass is 32.2. The molecule has 1 saturated carbocycles. The van der Waals surface area contributed by atoms with Crippen molar-refractivity contribution in [2.45, 2.75) is 44.3 Å². The van der Waals surface area contributed by atoms with E-state index < -0.39 is 16.1 Å². The SMILES string of the molecule is CCOc1ccccc1C(=O)N[C@H]1C[C@H]2C(=O)N(C3CC3)S(=O)(=O)CCN2C1. The van der Waals surface area contributed by atoms with Crippen molar-refractivity contribution in [1.29, 1.82) is 0 Å². The Balaban J connectivity index is 1.47. The van der Waals surface area contributed by atoms with Crippen LogP contribution in [-0.4, -0.2) is 73.0 Å². The maximum Gasteiger partial charge on any atom is 0.255 e. The molecule has 3 aliphatic rings. The zero-order valence-corrected chi connectivity index (χ0v) is 16.7. The summed E-state index contributed by atoms with van der Waals surface area (Å²) in [7, 11) is -3.55. The van der Waals surface area contributed by atoms with Crippen molar-refractivity contribution < 1.29 is 22.7 Å². The van der Waals surface area contributed by atoms with Crippen molar-refractivity contribution in [1.82, 2.24) is 14.5 Å². The van der Waals surface area contributed by atoms with Crippen LogP contribution in [0, 0.1) is 0 Å². The monoisotopic (exact) mass is 407 g/mol. The molecule has 0 spiro atoms. The molecule has 0 unspecified atom stereocenters. The predicted octanol–water partition coefficient (Wildman–Crippen LogP) is 0.592. The number of ether oxygens (including phenoxy) is 1. The second-order valence-corrected chi connectivity index (χ2v) is 9.49. The topological polar surface area (TPSA) is 96.0 Å². The van der Waals surface area contributed by atoms with Gasteiger partial charge in [0.25, 0.3) is 11.8 Å². The summed E-state index contributed by atoms with van der Waals surface area (Å²) in [6, 6.07) is 6.17. The Kier molecular flexibility index (Phi) is 5.05. The average molecular weight is 407 g/mol. The largest absolute Gasteiger partial charge is 0.493 e. The Morgan fingerprint density at radius 2 is 2.04 bits per heavy atom. The highest BCUT2D eigenvalue weighted by molar-refractivity contribution is 7.89. The number of carbonyl (C=O) groups excluding carboxylic acids is 2. The molecule has 2 atom stereocenters. The van der Waals surface area contributed by atoms with Gasteiger partial charge in [-0.25, -0.2) is 12.7 Å². The van der Waals surface area contributed by atoms with Crippen LogP contribution in [0.2, 0.25) is 0 Å². The molecule has 9 heteroatoms. The smallest absolute Gasteiger partial charge is 0.255 e. The van der Waals surface area contributed by atoms with E-state index in [2.05, 4.69) is 5.32 Å². The van der Waals surface area contributed by atoms with Crippen molar-refractivity contribution in [2.75, 3.05) is 25.4 Å². The normalized spacial score (nSPS) is 27.2. The summed E-state index contributed by atoms with van der Waals surface area (Å²) < 4.78 is 31.6. The van der Waals surface area contributed by atoms with Gasteiger partial charge in [0, 0.05) is 25.2 Å². The number of benzene rings is 1. The first kappa shape index (κ1) is 19.2. The van der Waals surface area contributed by atoms with Crippen molar-refractivity contribution in [3.05, 3.63) is 29.8 Å². The molecule has 1 aromatic rings. The Morgan fingerprint density at radius 1 is 1.29 bits per heavy atom. The fourth-order valence-corrected chi connectivity index (χ4v) is 5.76. The van der Waals surface area contributed by atoms with Crippen molar-refractivity contribution in [2.24, 2.45) is 0 Å². The first-order valence-corrected chi connectivity index (χ1v) is 11.3. The van der Waals surface area contributed by atoms with Crippen LogP contribution in [0.1, 0.15) is 36.5 Å². The van der Waals surface area contributed by atoms with Gasteiger partial charge in [0.05, 0.1) is 24.0 Å². The van der Waals surface area contributed by atoms with E-state index in [9.17, 15) is 18.0 Å². The second-order valence-electron chi connectivity index (χ2n) is 7.53. The summed E-state index contributed by atoms with van der Waals surface area (Å²) >= 11 is 0. The molecule has 0 aromatic heterocycles. The minimum atomic E-state index is -3.55. The number of carbonyl (C=O) groups is 2. The Hall–Kier alpha value is -2.13. The number of hydrogen-bond acceptors (Lipinski definition) is 6. The number of amides is 2. The van der Waals surface area contributed by atoms with Crippen LogP contribution < -0.4 is 10.1 Å². The molecule has 2 aliphatic heterocycles. The second kappa shape index (κ2) is 7.36. The molecule has 1 aliphatic carbocycles.